The number of rotatable bonds is 6. The van der Waals surface area contributed by atoms with Crippen LogP contribution in [0.5, 0.6) is 11.5 Å². The van der Waals surface area contributed by atoms with Crippen molar-refractivity contribution in [1.82, 2.24) is 30.2 Å². The quantitative estimate of drug-likeness (QED) is 0.169. The predicted molar refractivity (Wildman–Crippen MR) is 151 cm³/mol. The number of hydrogen-bond donors (Lipinski definition) is 5. The topological polar surface area (TPSA) is 198 Å². The molecule has 0 atom stereocenters. The monoisotopic (exact) mass is 654 g/mol. The number of carbonyl (C=O) groups is 2. The Morgan fingerprint density at radius 1 is 0.895 bits per heavy atom. The first-order valence-electron chi connectivity index (χ1n) is 10.7. The summed E-state index contributed by atoms with van der Waals surface area (Å²) in [6, 6.07) is 0. The van der Waals surface area contributed by atoms with Crippen LogP contribution in [0.3, 0.4) is 0 Å². The molecular weight excluding hydrogens is 615 g/mol. The Kier molecular flexibility index (Phi) is 15.0. The van der Waals surface area contributed by atoms with Crippen molar-refractivity contribution in [2.45, 2.75) is 46.2 Å². The van der Waals surface area contributed by atoms with Crippen LogP contribution in [0.1, 0.15) is 67.7 Å². The molecule has 216 valence electrons. The van der Waals surface area contributed by atoms with Crippen molar-refractivity contribution in [1.29, 1.82) is 0 Å². The van der Waals surface area contributed by atoms with Crippen molar-refractivity contribution < 1.29 is 29.3 Å². The zero-order chi connectivity index (χ0) is 29.3. The molecular formula is C23H39IN6O8. The fraction of sp³-hybridized carbons (Fsp3) is 0.565. The second kappa shape index (κ2) is 15.4. The molecule has 0 radical (unpaired) electrons. The van der Waals surface area contributed by atoms with Crippen LogP contribution in [0.15, 0.2) is 9.59 Å². The summed E-state index contributed by atoms with van der Waals surface area (Å²) in [4.78, 5) is 58.4. The second-order valence-corrected chi connectivity index (χ2v) is 8.34. The molecule has 0 aliphatic carbocycles. The number of aromatic nitrogens is 4. The Bertz CT molecular complexity index is 1220. The number of esters is 2. The van der Waals surface area contributed by atoms with Gasteiger partial charge in [0.25, 0.3) is 11.1 Å². The summed E-state index contributed by atoms with van der Waals surface area (Å²) in [7, 11) is 7.17. The van der Waals surface area contributed by atoms with E-state index in [-0.39, 0.29) is 18.9 Å². The lowest BCUT2D eigenvalue weighted by molar-refractivity contribution is 0.0579. The molecule has 0 fully saturated rings. The molecule has 2 aromatic rings. The van der Waals surface area contributed by atoms with Gasteiger partial charge in [-0.2, -0.15) is 0 Å². The molecule has 0 unspecified atom stereocenters. The number of aromatic amines is 1. The Balaban J connectivity index is 0. The lowest BCUT2D eigenvalue weighted by Gasteiger charge is -2.25. The lowest BCUT2D eigenvalue weighted by atomic mass is 10.0. The molecule has 0 spiro atoms. The van der Waals surface area contributed by atoms with E-state index in [2.05, 4.69) is 57.7 Å². The number of H-pyrrole nitrogens is 1. The molecule has 2 aromatic heterocycles. The Morgan fingerprint density at radius 2 is 1.32 bits per heavy atom. The summed E-state index contributed by atoms with van der Waals surface area (Å²) >= 11 is 2.15. The molecule has 0 saturated heterocycles. The van der Waals surface area contributed by atoms with Crippen LogP contribution in [-0.4, -0.2) is 74.9 Å². The van der Waals surface area contributed by atoms with Crippen LogP contribution in [0.4, 0.5) is 0 Å². The van der Waals surface area contributed by atoms with E-state index in [1.54, 1.807) is 41.8 Å². The molecule has 0 aliphatic heterocycles. The van der Waals surface area contributed by atoms with Crippen LogP contribution in [0.2, 0.25) is 0 Å². The largest absolute Gasteiger partial charge is 0.501 e. The minimum absolute atomic E-state index is 0. The molecule has 15 heteroatoms. The van der Waals surface area contributed by atoms with E-state index in [1.807, 2.05) is 4.93 Å². The van der Waals surface area contributed by atoms with E-state index < -0.39 is 51.3 Å². The van der Waals surface area contributed by atoms with Crippen molar-refractivity contribution in [2.24, 2.45) is 7.05 Å². The number of hydrogen-bond acceptors (Lipinski definition) is 12. The van der Waals surface area contributed by atoms with E-state index in [0.29, 0.717) is 5.82 Å². The van der Waals surface area contributed by atoms with E-state index in [1.165, 1.54) is 11.6 Å². The third-order valence-electron chi connectivity index (χ3n) is 5.32. The van der Waals surface area contributed by atoms with Crippen molar-refractivity contribution >= 4 is 34.5 Å². The van der Waals surface area contributed by atoms with Crippen LogP contribution in [0.25, 0.3) is 0 Å². The minimum Gasteiger partial charge on any atom is -0.501 e. The number of nitrogens with one attached hydrogen (secondary N) is 3. The maximum atomic E-state index is 11.8. The third kappa shape index (κ3) is 8.49. The van der Waals surface area contributed by atoms with Gasteiger partial charge in [0.05, 0.1) is 25.3 Å². The Morgan fingerprint density at radius 3 is 1.71 bits per heavy atom. The smallest absolute Gasteiger partial charge is 0.360 e. The van der Waals surface area contributed by atoms with Crippen LogP contribution >= 0.6 is 22.6 Å². The Hall–Kier alpha value is -3.05. The zero-order valence-electron chi connectivity index (χ0n) is 22.6. The summed E-state index contributed by atoms with van der Waals surface area (Å²) in [5.41, 5.74) is -3.52. The first-order chi connectivity index (χ1) is 17.1. The molecule has 14 nitrogen and oxygen atoms in total. The lowest BCUT2D eigenvalue weighted by Crippen LogP contribution is -2.40. The van der Waals surface area contributed by atoms with Gasteiger partial charge < -0.3 is 35.3 Å². The van der Waals surface area contributed by atoms with E-state index in [4.69, 9.17) is 0 Å². The number of halogens is 1. The number of aromatic hydroxyl groups is 2. The fourth-order valence-electron chi connectivity index (χ4n) is 2.62. The van der Waals surface area contributed by atoms with Crippen LogP contribution in [0, 0.1) is 0 Å². The van der Waals surface area contributed by atoms with Crippen molar-refractivity contribution in [3.8, 4) is 11.5 Å². The standard InChI is InChI=1S/C11H17N3O4.C10H15N3O4.CH3I.CH4/c1-11(2,12-3)10-13-6(9(17)18-5)7(15)8(16)14(10)4;1-10(2,11-3)9-12-5(8(16)17-4)6(14)7(15)13-9;1-2;/h12,15H,1-5H3;11,14H,1-4H3,(H,12,13,15);1H3;1H4. The highest BCUT2D eigenvalue weighted by Crippen LogP contribution is 2.19. The fourth-order valence-corrected chi connectivity index (χ4v) is 2.62. The maximum Gasteiger partial charge on any atom is 0.360 e. The van der Waals surface area contributed by atoms with Gasteiger partial charge in [0, 0.05) is 7.05 Å². The van der Waals surface area contributed by atoms with Gasteiger partial charge in [-0.25, -0.2) is 19.6 Å². The van der Waals surface area contributed by atoms with Gasteiger partial charge in [-0.05, 0) is 46.7 Å². The van der Waals surface area contributed by atoms with E-state index in [9.17, 15) is 29.4 Å². The maximum absolute atomic E-state index is 11.8. The summed E-state index contributed by atoms with van der Waals surface area (Å²) in [6.07, 6.45) is 0. The SMILES string of the molecule is C.CI.CNC(C)(C)c1nc(C(=O)OC)c(O)c(=O)[nH]1.CNC(C)(C)c1nc(C(=O)OC)c(O)c(=O)n1C. The van der Waals surface area contributed by atoms with E-state index >= 15 is 0 Å². The highest BCUT2D eigenvalue weighted by molar-refractivity contribution is 14.1. The van der Waals surface area contributed by atoms with Crippen LogP contribution in [-0.2, 0) is 27.6 Å². The summed E-state index contributed by atoms with van der Waals surface area (Å²) in [5.74, 6) is -2.59. The number of ether oxygens (including phenoxy) is 2. The van der Waals surface area contributed by atoms with Crippen molar-refractivity contribution in [2.75, 3.05) is 33.2 Å². The molecule has 0 aliphatic rings. The summed E-state index contributed by atoms with van der Waals surface area (Å²) in [6.45, 7) is 7.13. The molecule has 2 rings (SSSR count). The minimum atomic E-state index is -0.859. The summed E-state index contributed by atoms with van der Waals surface area (Å²) in [5, 5.41) is 25.0. The average Bonchev–Trinajstić information content (AvgIpc) is 2.89. The first-order valence-corrected chi connectivity index (χ1v) is 12.8. The van der Waals surface area contributed by atoms with Crippen LogP contribution < -0.4 is 21.8 Å². The highest BCUT2D eigenvalue weighted by Gasteiger charge is 2.29. The zero-order valence-corrected chi connectivity index (χ0v) is 24.7. The predicted octanol–water partition coefficient (Wildman–Crippen LogP) is 1.13. The van der Waals surface area contributed by atoms with Crippen molar-refractivity contribution in [3.05, 3.63) is 43.7 Å². The molecule has 0 aromatic carbocycles. The van der Waals surface area contributed by atoms with Gasteiger partial charge in [-0.3, -0.25) is 14.2 Å². The molecule has 0 saturated carbocycles. The molecule has 38 heavy (non-hydrogen) atoms. The summed E-state index contributed by atoms with van der Waals surface area (Å²) < 4.78 is 10.1. The van der Waals surface area contributed by atoms with Gasteiger partial charge in [-0.15, -0.1) is 0 Å². The van der Waals surface area contributed by atoms with Gasteiger partial charge in [0.15, 0.2) is 11.4 Å². The van der Waals surface area contributed by atoms with Gasteiger partial charge in [0.2, 0.25) is 11.5 Å². The molecule has 2 heterocycles. The number of nitrogens with zero attached hydrogens (tertiary/aromatic N) is 3. The van der Waals surface area contributed by atoms with Gasteiger partial charge in [-0.1, -0.05) is 30.0 Å². The molecule has 0 amide bonds. The second-order valence-electron chi connectivity index (χ2n) is 8.34. The van der Waals surface area contributed by atoms with E-state index in [0.717, 1.165) is 14.2 Å². The number of alkyl halides is 1. The molecule has 0 bridgehead atoms. The highest BCUT2D eigenvalue weighted by atomic mass is 127. The van der Waals surface area contributed by atoms with Gasteiger partial charge in [0.1, 0.15) is 11.6 Å². The first kappa shape index (κ1) is 37.1. The number of methoxy groups -OCH3 is 2. The third-order valence-corrected chi connectivity index (χ3v) is 5.32. The van der Waals surface area contributed by atoms with Crippen molar-refractivity contribution in [3.63, 3.8) is 0 Å². The normalized spacial score (nSPS) is 10.6. The number of carbonyl (C=O) groups excluding carboxylic acids is 2. The van der Waals surface area contributed by atoms with Gasteiger partial charge >= 0.3 is 11.9 Å². The Labute approximate surface area is 235 Å². The average molecular weight is 655 g/mol. The molecule has 5 N–H and O–H groups in total.